The first-order chi connectivity index (χ1) is 13.4. The van der Waals surface area contributed by atoms with Crippen molar-refractivity contribution >= 4 is 11.8 Å². The van der Waals surface area contributed by atoms with Gasteiger partial charge in [-0.3, -0.25) is 9.59 Å². The zero-order chi connectivity index (χ0) is 19.9. The number of rotatable bonds is 3. The van der Waals surface area contributed by atoms with Crippen LogP contribution in [0.15, 0.2) is 24.3 Å². The van der Waals surface area contributed by atoms with Crippen LogP contribution in [0.3, 0.4) is 0 Å². The summed E-state index contributed by atoms with van der Waals surface area (Å²) in [4.78, 5) is 29.9. The molecule has 1 unspecified atom stereocenters. The van der Waals surface area contributed by atoms with E-state index in [2.05, 4.69) is 24.1 Å². The molecule has 5 nitrogen and oxygen atoms in total. The molecule has 1 N–H and O–H groups in total. The molecule has 3 aliphatic heterocycles. The zero-order valence-electron chi connectivity index (χ0n) is 16.8. The summed E-state index contributed by atoms with van der Waals surface area (Å²) < 4.78 is 14.0. The molecule has 2 spiro atoms. The predicted octanol–water partition coefficient (Wildman–Crippen LogP) is 2.53. The molecule has 1 aromatic rings. The molecule has 3 heterocycles. The molecular weight excluding hydrogens is 357 g/mol. The summed E-state index contributed by atoms with van der Waals surface area (Å²) in [5.74, 6) is 0.0327. The fraction of sp³-hybridized carbons (Fsp3) is 0.636. The zero-order valence-corrected chi connectivity index (χ0v) is 16.8. The van der Waals surface area contributed by atoms with Crippen LogP contribution in [0.2, 0.25) is 0 Å². The Morgan fingerprint density at radius 2 is 1.89 bits per heavy atom. The third-order valence-corrected chi connectivity index (χ3v) is 7.04. The third-order valence-electron chi connectivity index (χ3n) is 7.04. The van der Waals surface area contributed by atoms with Crippen LogP contribution < -0.4 is 5.32 Å². The van der Waals surface area contributed by atoms with Crippen LogP contribution in [0, 0.1) is 22.6 Å². The third kappa shape index (κ3) is 3.02. The molecule has 0 aliphatic carbocycles. The van der Waals surface area contributed by atoms with Crippen molar-refractivity contribution in [3.63, 3.8) is 0 Å². The van der Waals surface area contributed by atoms with Crippen LogP contribution in [0.1, 0.15) is 43.5 Å². The summed E-state index contributed by atoms with van der Waals surface area (Å²) in [7, 11) is 0. The van der Waals surface area contributed by atoms with Gasteiger partial charge in [-0.05, 0) is 37.3 Å². The highest BCUT2D eigenvalue weighted by Gasteiger charge is 2.63. The Labute approximate surface area is 166 Å². The molecule has 3 saturated heterocycles. The van der Waals surface area contributed by atoms with Crippen molar-refractivity contribution in [2.45, 2.75) is 33.1 Å². The van der Waals surface area contributed by atoms with E-state index in [1.165, 1.54) is 6.07 Å². The fourth-order valence-corrected chi connectivity index (χ4v) is 5.74. The number of nitrogens with zero attached hydrogens (tertiary/aromatic N) is 2. The number of hydrogen-bond donors (Lipinski definition) is 1. The van der Waals surface area contributed by atoms with Crippen molar-refractivity contribution in [2.75, 3.05) is 39.3 Å². The van der Waals surface area contributed by atoms with Crippen LogP contribution in [0.4, 0.5) is 4.39 Å². The molecule has 4 rings (SSSR count). The van der Waals surface area contributed by atoms with Gasteiger partial charge in [0.2, 0.25) is 5.91 Å². The maximum atomic E-state index is 14.0. The maximum absolute atomic E-state index is 14.0. The average Bonchev–Trinajstić information content (AvgIpc) is 3.16. The Morgan fingerprint density at radius 1 is 1.18 bits per heavy atom. The SMILES string of the molecule is CC(C)CN1CC2(CCN(C(=O)c3ccccc3F)CC2)C2(CCNC2=O)C1. The molecule has 28 heavy (non-hydrogen) atoms. The van der Waals surface area contributed by atoms with E-state index in [9.17, 15) is 14.0 Å². The molecule has 6 heteroatoms. The molecule has 1 aromatic carbocycles. The Kier molecular flexibility index (Phi) is 4.94. The van der Waals surface area contributed by atoms with Gasteiger partial charge in [0.25, 0.3) is 5.91 Å². The highest BCUT2D eigenvalue weighted by Crippen LogP contribution is 2.56. The minimum atomic E-state index is -0.469. The second-order valence-electron chi connectivity index (χ2n) is 9.20. The monoisotopic (exact) mass is 387 g/mol. The molecular formula is C22H30FN3O2. The predicted molar refractivity (Wildman–Crippen MR) is 105 cm³/mol. The first-order valence-electron chi connectivity index (χ1n) is 10.4. The van der Waals surface area contributed by atoms with Gasteiger partial charge >= 0.3 is 0 Å². The first-order valence-corrected chi connectivity index (χ1v) is 10.4. The number of hydrogen-bond acceptors (Lipinski definition) is 3. The van der Waals surface area contributed by atoms with Crippen molar-refractivity contribution in [1.82, 2.24) is 15.1 Å². The quantitative estimate of drug-likeness (QED) is 0.867. The van der Waals surface area contributed by atoms with Gasteiger partial charge in [-0.2, -0.15) is 0 Å². The molecule has 3 fully saturated rings. The number of carbonyl (C=O) groups excluding carboxylic acids is 2. The van der Waals surface area contributed by atoms with E-state index in [0.29, 0.717) is 19.0 Å². The van der Waals surface area contributed by atoms with Gasteiger partial charge in [0.1, 0.15) is 5.82 Å². The molecule has 3 aliphatic rings. The van der Waals surface area contributed by atoms with E-state index >= 15 is 0 Å². The number of amides is 2. The van der Waals surface area contributed by atoms with Crippen LogP contribution in [-0.2, 0) is 4.79 Å². The van der Waals surface area contributed by atoms with Crippen LogP contribution in [0.25, 0.3) is 0 Å². The lowest BCUT2D eigenvalue weighted by Gasteiger charge is -2.46. The van der Waals surface area contributed by atoms with Crippen molar-refractivity contribution in [2.24, 2.45) is 16.7 Å². The summed E-state index contributed by atoms with van der Waals surface area (Å²) in [6, 6.07) is 6.17. The van der Waals surface area contributed by atoms with Crippen LogP contribution in [0.5, 0.6) is 0 Å². The normalized spacial score (nSPS) is 27.1. The summed E-state index contributed by atoms with van der Waals surface area (Å²) in [5, 5.41) is 3.07. The molecule has 0 aromatic heterocycles. The summed E-state index contributed by atoms with van der Waals surface area (Å²) in [6.45, 7) is 9.06. The first kappa shape index (κ1) is 19.4. The van der Waals surface area contributed by atoms with E-state index in [-0.39, 0.29) is 28.2 Å². The number of piperidine rings is 1. The Hall–Kier alpha value is -1.95. The van der Waals surface area contributed by atoms with E-state index in [4.69, 9.17) is 0 Å². The summed E-state index contributed by atoms with van der Waals surface area (Å²) in [6.07, 6.45) is 2.48. The lowest BCUT2D eigenvalue weighted by Crippen LogP contribution is -2.53. The minimum absolute atomic E-state index is 0.0888. The molecule has 2 amide bonds. The van der Waals surface area contributed by atoms with Gasteiger partial charge in [-0.15, -0.1) is 0 Å². The number of nitrogens with one attached hydrogen (secondary N) is 1. The van der Waals surface area contributed by atoms with E-state index in [0.717, 1.165) is 45.4 Å². The van der Waals surface area contributed by atoms with Gasteiger partial charge < -0.3 is 15.1 Å². The van der Waals surface area contributed by atoms with Crippen molar-refractivity contribution in [3.05, 3.63) is 35.6 Å². The second-order valence-corrected chi connectivity index (χ2v) is 9.20. The number of likely N-dealkylation sites (tertiary alicyclic amines) is 2. The molecule has 152 valence electrons. The smallest absolute Gasteiger partial charge is 0.256 e. The summed E-state index contributed by atoms with van der Waals surface area (Å²) >= 11 is 0. The van der Waals surface area contributed by atoms with Crippen molar-refractivity contribution < 1.29 is 14.0 Å². The summed E-state index contributed by atoms with van der Waals surface area (Å²) in [5.41, 5.74) is -0.289. The van der Waals surface area contributed by atoms with Gasteiger partial charge in [-0.25, -0.2) is 4.39 Å². The molecule has 0 saturated carbocycles. The lowest BCUT2D eigenvalue weighted by atomic mass is 9.60. The van der Waals surface area contributed by atoms with E-state index in [1.807, 2.05) is 0 Å². The molecule has 0 radical (unpaired) electrons. The van der Waals surface area contributed by atoms with Gasteiger partial charge in [0, 0.05) is 44.7 Å². The van der Waals surface area contributed by atoms with Crippen molar-refractivity contribution in [1.29, 1.82) is 0 Å². The maximum Gasteiger partial charge on any atom is 0.256 e. The second kappa shape index (κ2) is 7.14. The Balaban J connectivity index is 1.53. The average molecular weight is 387 g/mol. The van der Waals surface area contributed by atoms with Crippen molar-refractivity contribution in [3.8, 4) is 0 Å². The standard InChI is InChI=1S/C22H30FN3O2/c1-16(2)13-25-14-21(22(15-25)7-10-24-20(22)28)8-11-26(12-9-21)19(27)17-5-3-4-6-18(17)23/h3-6,16H,7-15H2,1-2H3,(H,24,28). The minimum Gasteiger partial charge on any atom is -0.356 e. The highest BCUT2D eigenvalue weighted by atomic mass is 19.1. The lowest BCUT2D eigenvalue weighted by molar-refractivity contribution is -0.133. The van der Waals surface area contributed by atoms with Gasteiger partial charge in [0.15, 0.2) is 0 Å². The topological polar surface area (TPSA) is 52.6 Å². The number of fused-ring (bicyclic) bond motifs is 1. The van der Waals surface area contributed by atoms with E-state index < -0.39 is 5.82 Å². The fourth-order valence-electron chi connectivity index (χ4n) is 5.74. The van der Waals surface area contributed by atoms with Crippen LogP contribution in [-0.4, -0.2) is 60.9 Å². The Morgan fingerprint density at radius 3 is 2.50 bits per heavy atom. The van der Waals surface area contributed by atoms with Gasteiger partial charge in [-0.1, -0.05) is 26.0 Å². The molecule has 1 atom stereocenters. The highest BCUT2D eigenvalue weighted by molar-refractivity contribution is 5.94. The Bertz CT molecular complexity index is 773. The number of halogens is 1. The van der Waals surface area contributed by atoms with Crippen LogP contribution >= 0.6 is 0 Å². The van der Waals surface area contributed by atoms with Gasteiger partial charge in [0.05, 0.1) is 11.0 Å². The van der Waals surface area contributed by atoms with E-state index in [1.54, 1.807) is 23.1 Å². The number of benzene rings is 1. The number of carbonyl (C=O) groups is 2. The molecule has 0 bridgehead atoms. The largest absolute Gasteiger partial charge is 0.356 e.